The number of ether oxygens (including phenoxy) is 1. The smallest absolute Gasteiger partial charge is 0.407 e. The van der Waals surface area contributed by atoms with Crippen LogP contribution in [0.1, 0.15) is 26.3 Å². The fourth-order valence-electron chi connectivity index (χ4n) is 2.73. The molecule has 6 heteroatoms. The summed E-state index contributed by atoms with van der Waals surface area (Å²) in [5.74, 6) is 0. The van der Waals surface area contributed by atoms with Crippen LogP contribution in [0.25, 0.3) is 0 Å². The predicted molar refractivity (Wildman–Crippen MR) is 82.5 cm³/mol. The molecule has 1 atom stereocenters. The van der Waals surface area contributed by atoms with E-state index in [4.69, 9.17) is 22.1 Å². The van der Waals surface area contributed by atoms with Crippen molar-refractivity contribution in [3.05, 3.63) is 28.8 Å². The van der Waals surface area contributed by atoms with Crippen molar-refractivity contribution in [1.82, 2.24) is 4.90 Å². The number of anilines is 1. The molecule has 5 nitrogen and oxygen atoms in total. The van der Waals surface area contributed by atoms with E-state index in [0.29, 0.717) is 23.9 Å². The first-order valence-corrected chi connectivity index (χ1v) is 7.22. The van der Waals surface area contributed by atoms with Gasteiger partial charge in [0, 0.05) is 6.54 Å². The fraction of sp³-hybridized carbons (Fsp3) is 0.533. The van der Waals surface area contributed by atoms with Crippen molar-refractivity contribution in [2.45, 2.75) is 26.4 Å². The molecule has 0 radical (unpaired) electrons. The van der Waals surface area contributed by atoms with E-state index in [1.54, 1.807) is 12.1 Å². The Hall–Kier alpha value is -1.46. The summed E-state index contributed by atoms with van der Waals surface area (Å²) in [5.41, 5.74) is 6.06. The minimum atomic E-state index is -0.937. The molecule has 1 aromatic rings. The van der Waals surface area contributed by atoms with Crippen molar-refractivity contribution >= 4 is 23.4 Å². The number of carboxylic acid groups (broad SMARTS) is 1. The van der Waals surface area contributed by atoms with Crippen molar-refractivity contribution < 1.29 is 14.6 Å². The van der Waals surface area contributed by atoms with Crippen LogP contribution < -0.4 is 5.73 Å². The van der Waals surface area contributed by atoms with Crippen LogP contribution in [0.2, 0.25) is 5.02 Å². The van der Waals surface area contributed by atoms with Gasteiger partial charge in [-0.2, -0.15) is 0 Å². The van der Waals surface area contributed by atoms with Gasteiger partial charge in [-0.1, -0.05) is 38.4 Å². The van der Waals surface area contributed by atoms with E-state index < -0.39 is 11.7 Å². The molecule has 0 saturated carbocycles. The molecule has 116 valence electrons. The molecule has 1 aliphatic rings. The first kappa shape index (κ1) is 15.9. The molecule has 1 aliphatic heterocycles. The van der Waals surface area contributed by atoms with Crippen LogP contribution in [0, 0.1) is 5.41 Å². The van der Waals surface area contributed by atoms with Crippen LogP contribution in [-0.4, -0.2) is 35.8 Å². The summed E-state index contributed by atoms with van der Waals surface area (Å²) in [5, 5.41) is 9.76. The molecule has 0 aromatic heterocycles. The third-order valence-corrected chi connectivity index (χ3v) is 4.40. The largest absolute Gasteiger partial charge is 0.465 e. The van der Waals surface area contributed by atoms with Gasteiger partial charge in [-0.25, -0.2) is 4.79 Å². The topological polar surface area (TPSA) is 75.8 Å². The van der Waals surface area contributed by atoms with Crippen molar-refractivity contribution in [2.75, 3.05) is 25.4 Å². The maximum atomic E-state index is 11.3. The van der Waals surface area contributed by atoms with Gasteiger partial charge >= 0.3 is 6.09 Å². The minimum Gasteiger partial charge on any atom is -0.465 e. The Kier molecular flexibility index (Phi) is 4.08. The van der Waals surface area contributed by atoms with Gasteiger partial charge in [0.1, 0.15) is 5.60 Å². The summed E-state index contributed by atoms with van der Waals surface area (Å²) in [6.45, 7) is 7.08. The first-order valence-electron chi connectivity index (χ1n) is 6.85. The summed E-state index contributed by atoms with van der Waals surface area (Å²) >= 11 is 6.13. The van der Waals surface area contributed by atoms with E-state index in [1.807, 2.05) is 26.8 Å². The van der Waals surface area contributed by atoms with Crippen molar-refractivity contribution in [1.29, 1.82) is 0 Å². The molecule has 1 amide bonds. The van der Waals surface area contributed by atoms with Gasteiger partial charge < -0.3 is 20.5 Å². The summed E-state index contributed by atoms with van der Waals surface area (Å²) in [6, 6.07) is 5.36. The second-order valence-electron chi connectivity index (χ2n) is 6.37. The van der Waals surface area contributed by atoms with Gasteiger partial charge in [0.15, 0.2) is 0 Å². The van der Waals surface area contributed by atoms with Crippen LogP contribution in [0.3, 0.4) is 0 Å². The van der Waals surface area contributed by atoms with Crippen LogP contribution in [0.5, 0.6) is 0 Å². The number of hydrogen-bond donors (Lipinski definition) is 2. The van der Waals surface area contributed by atoms with Crippen LogP contribution in [-0.2, 0) is 10.3 Å². The number of nitrogen functional groups attached to an aromatic ring is 1. The molecule has 3 N–H and O–H groups in total. The zero-order chi connectivity index (χ0) is 15.8. The minimum absolute atomic E-state index is 0.270. The number of hydrogen-bond acceptors (Lipinski definition) is 3. The Bertz CT molecular complexity index is 556. The third kappa shape index (κ3) is 2.80. The molecule has 1 fully saturated rings. The Morgan fingerprint density at radius 3 is 2.67 bits per heavy atom. The quantitative estimate of drug-likeness (QED) is 0.781. The molecule has 21 heavy (non-hydrogen) atoms. The number of benzene rings is 1. The van der Waals surface area contributed by atoms with Crippen LogP contribution in [0.15, 0.2) is 18.2 Å². The zero-order valence-corrected chi connectivity index (χ0v) is 13.3. The van der Waals surface area contributed by atoms with E-state index in [2.05, 4.69) is 0 Å². The molecular formula is C15H21ClN2O3. The lowest BCUT2D eigenvalue weighted by molar-refractivity contribution is -0.166. The van der Waals surface area contributed by atoms with Gasteiger partial charge in [-0.15, -0.1) is 0 Å². The highest BCUT2D eigenvalue weighted by molar-refractivity contribution is 6.33. The number of nitrogens with zero attached hydrogens (tertiary/aromatic N) is 1. The maximum Gasteiger partial charge on any atom is 0.407 e. The molecule has 1 unspecified atom stereocenters. The van der Waals surface area contributed by atoms with Gasteiger partial charge in [0.2, 0.25) is 0 Å². The highest BCUT2D eigenvalue weighted by Crippen LogP contribution is 2.46. The van der Waals surface area contributed by atoms with Gasteiger partial charge in [0.25, 0.3) is 0 Å². The normalized spacial score (nSPS) is 23.1. The van der Waals surface area contributed by atoms with Crippen LogP contribution >= 0.6 is 11.6 Å². The Morgan fingerprint density at radius 1 is 1.48 bits per heavy atom. The summed E-state index contributed by atoms with van der Waals surface area (Å²) in [4.78, 5) is 12.7. The van der Waals surface area contributed by atoms with Crippen molar-refractivity contribution in [2.24, 2.45) is 5.41 Å². The van der Waals surface area contributed by atoms with Gasteiger partial charge in [0.05, 0.1) is 23.9 Å². The molecular weight excluding hydrogens is 292 g/mol. The SMILES string of the molecule is CC(C)(C)C1(c2ccc(N)c(Cl)c2)CN(C(=O)O)CCO1. The summed E-state index contributed by atoms with van der Waals surface area (Å²) in [6.07, 6.45) is -0.937. The monoisotopic (exact) mass is 312 g/mol. The molecule has 1 saturated heterocycles. The second kappa shape index (κ2) is 5.39. The summed E-state index contributed by atoms with van der Waals surface area (Å²) in [7, 11) is 0. The molecule has 2 rings (SSSR count). The van der Waals surface area contributed by atoms with E-state index in [1.165, 1.54) is 4.90 Å². The predicted octanol–water partition coefficient (Wildman–Crippen LogP) is 3.17. The Balaban J connectivity index is 2.52. The molecule has 1 aromatic carbocycles. The zero-order valence-electron chi connectivity index (χ0n) is 12.5. The van der Waals surface area contributed by atoms with E-state index in [9.17, 15) is 9.90 Å². The van der Waals surface area contributed by atoms with Gasteiger partial charge in [-0.05, 0) is 23.1 Å². The number of amides is 1. The standard InChI is InChI=1S/C15H21ClN2O3/c1-14(2,3)15(9-18(13(19)20)6-7-21-15)10-4-5-12(17)11(16)8-10/h4-5,8H,6-7,9,17H2,1-3H3,(H,19,20). The highest BCUT2D eigenvalue weighted by atomic mass is 35.5. The fourth-order valence-corrected chi connectivity index (χ4v) is 2.91. The highest BCUT2D eigenvalue weighted by Gasteiger charge is 2.49. The lowest BCUT2D eigenvalue weighted by atomic mass is 9.71. The Morgan fingerprint density at radius 2 is 2.14 bits per heavy atom. The molecule has 1 heterocycles. The number of rotatable bonds is 1. The lowest BCUT2D eigenvalue weighted by Crippen LogP contribution is -2.57. The molecule has 0 bridgehead atoms. The number of nitrogens with two attached hydrogens (primary N) is 1. The van der Waals surface area contributed by atoms with Crippen molar-refractivity contribution in [3.8, 4) is 0 Å². The molecule has 0 aliphatic carbocycles. The van der Waals surface area contributed by atoms with Gasteiger partial charge in [-0.3, -0.25) is 0 Å². The lowest BCUT2D eigenvalue weighted by Gasteiger charge is -2.50. The third-order valence-electron chi connectivity index (χ3n) is 4.07. The van der Waals surface area contributed by atoms with Crippen LogP contribution in [0.4, 0.5) is 10.5 Å². The first-order chi connectivity index (χ1) is 9.67. The van der Waals surface area contributed by atoms with E-state index in [0.717, 1.165) is 5.56 Å². The average Bonchev–Trinajstić information content (AvgIpc) is 2.40. The number of morpholine rings is 1. The number of halogens is 1. The summed E-state index contributed by atoms with van der Waals surface area (Å²) < 4.78 is 6.09. The Labute approximate surface area is 129 Å². The van der Waals surface area contributed by atoms with E-state index in [-0.39, 0.29) is 12.0 Å². The van der Waals surface area contributed by atoms with E-state index >= 15 is 0 Å². The van der Waals surface area contributed by atoms with Crippen molar-refractivity contribution in [3.63, 3.8) is 0 Å². The average molecular weight is 313 g/mol. The number of carbonyl (C=O) groups is 1. The maximum absolute atomic E-state index is 11.3. The molecule has 0 spiro atoms. The second-order valence-corrected chi connectivity index (χ2v) is 6.77.